The second-order valence-electron chi connectivity index (χ2n) is 8.00. The first kappa shape index (κ1) is 24.8. The molecular formula is C21H19N8O8S+. The fourth-order valence-electron chi connectivity index (χ4n) is 3.94. The zero-order valence-electron chi connectivity index (χ0n) is 19.5. The molecule has 2 aliphatic heterocycles. The molecule has 0 saturated carbocycles. The van der Waals surface area contributed by atoms with E-state index in [1.54, 1.807) is 29.2 Å². The molecule has 196 valence electrons. The van der Waals surface area contributed by atoms with E-state index in [0.29, 0.717) is 16.9 Å². The van der Waals surface area contributed by atoms with Gasteiger partial charge in [0.1, 0.15) is 22.7 Å². The Hall–Kier alpha value is -4.93. The predicted molar refractivity (Wildman–Crippen MR) is 127 cm³/mol. The highest BCUT2D eigenvalue weighted by Crippen LogP contribution is 2.40. The number of amides is 3. The van der Waals surface area contributed by atoms with E-state index in [4.69, 9.17) is 10.2 Å². The zero-order valence-corrected chi connectivity index (χ0v) is 20.3. The number of fused-ring (bicyclic) bond motifs is 2. The van der Waals surface area contributed by atoms with Crippen molar-refractivity contribution >= 4 is 58.3 Å². The Kier molecular flexibility index (Phi) is 6.41. The normalized spacial score (nSPS) is 19.1. The van der Waals surface area contributed by atoms with Crippen LogP contribution in [0.1, 0.15) is 5.82 Å². The molecule has 0 bridgehead atoms. The van der Waals surface area contributed by atoms with Crippen molar-refractivity contribution in [3.8, 4) is 0 Å². The molecule has 0 aliphatic carbocycles. The number of hydrogen-bond acceptors (Lipinski definition) is 12. The van der Waals surface area contributed by atoms with E-state index >= 15 is 0 Å². The maximum Gasteiger partial charge on any atom is 0.433 e. The van der Waals surface area contributed by atoms with Gasteiger partial charge in [-0.2, -0.15) is 4.98 Å². The average molecular weight is 543 g/mol. The largest absolute Gasteiger partial charge is 0.477 e. The number of nitrogens with one attached hydrogen (secondary N) is 2. The molecule has 0 spiro atoms. The minimum atomic E-state index is -1.27. The summed E-state index contributed by atoms with van der Waals surface area (Å²) < 4.78 is 11.8. The Morgan fingerprint density at radius 2 is 2.21 bits per heavy atom. The molecule has 0 aromatic carbocycles. The number of aromatic nitrogens is 3. The Bertz CT molecular complexity index is 1530. The number of aliphatic carboxylic acids is 1. The molecule has 3 aromatic rings. The van der Waals surface area contributed by atoms with Crippen molar-refractivity contribution in [2.24, 2.45) is 5.16 Å². The molecule has 3 amide bonds. The monoisotopic (exact) mass is 543 g/mol. The van der Waals surface area contributed by atoms with Gasteiger partial charge in [-0.15, -0.1) is 11.8 Å². The SMILES string of the molecule is CNC(=O)ON=C(C(=O)NC1C(=O)N2C(C(=O)O)=C(C[n+]3ccc4occc4c3)CS[C@@H]12)c1noc(N)n1. The van der Waals surface area contributed by atoms with Crippen LogP contribution in [0.5, 0.6) is 0 Å². The lowest BCUT2D eigenvalue weighted by Gasteiger charge is -2.49. The number of carbonyl (C=O) groups excluding carboxylic acids is 3. The number of anilines is 1. The molecule has 1 fully saturated rings. The number of nitrogen functional groups attached to an aromatic ring is 1. The smallest absolute Gasteiger partial charge is 0.433 e. The lowest BCUT2D eigenvalue weighted by atomic mass is 10.0. The lowest BCUT2D eigenvalue weighted by Crippen LogP contribution is -2.71. The number of rotatable bonds is 7. The van der Waals surface area contributed by atoms with Gasteiger partial charge >= 0.3 is 18.1 Å². The van der Waals surface area contributed by atoms with Crippen molar-refractivity contribution in [3.05, 3.63) is 47.9 Å². The van der Waals surface area contributed by atoms with Crippen LogP contribution in [0.4, 0.5) is 10.8 Å². The van der Waals surface area contributed by atoms with Gasteiger partial charge in [-0.3, -0.25) is 19.3 Å². The van der Waals surface area contributed by atoms with Crippen LogP contribution in [0.15, 0.2) is 56.2 Å². The molecular weight excluding hydrogens is 524 g/mol. The highest BCUT2D eigenvalue weighted by atomic mass is 32.2. The molecule has 2 atom stereocenters. The van der Waals surface area contributed by atoms with E-state index in [-0.39, 0.29) is 24.1 Å². The van der Waals surface area contributed by atoms with E-state index in [1.807, 2.05) is 6.20 Å². The molecule has 38 heavy (non-hydrogen) atoms. The summed E-state index contributed by atoms with van der Waals surface area (Å²) in [5.41, 5.74) is 5.89. The number of pyridine rings is 1. The van der Waals surface area contributed by atoms with Gasteiger partial charge in [0, 0.05) is 24.4 Å². The molecule has 3 aromatic heterocycles. The number of oxime groups is 1. The van der Waals surface area contributed by atoms with E-state index in [1.165, 1.54) is 18.8 Å². The number of hydrogen-bond donors (Lipinski definition) is 4. The van der Waals surface area contributed by atoms with Gasteiger partial charge in [-0.05, 0) is 6.07 Å². The highest BCUT2D eigenvalue weighted by molar-refractivity contribution is 8.00. The van der Waals surface area contributed by atoms with Gasteiger partial charge in [0.05, 0.1) is 11.6 Å². The van der Waals surface area contributed by atoms with Crippen LogP contribution in [0.2, 0.25) is 0 Å². The van der Waals surface area contributed by atoms with Crippen LogP contribution in [0.25, 0.3) is 11.0 Å². The maximum atomic E-state index is 13.0. The molecule has 16 nitrogen and oxygen atoms in total. The van der Waals surface area contributed by atoms with Gasteiger partial charge in [-0.1, -0.05) is 10.3 Å². The molecule has 1 unspecified atom stereocenters. The first-order chi connectivity index (χ1) is 18.3. The summed E-state index contributed by atoms with van der Waals surface area (Å²) in [7, 11) is 1.28. The van der Waals surface area contributed by atoms with Crippen LogP contribution < -0.4 is 20.9 Å². The molecule has 2 aliphatic rings. The van der Waals surface area contributed by atoms with Crippen molar-refractivity contribution in [2.45, 2.75) is 18.0 Å². The maximum absolute atomic E-state index is 13.0. The second kappa shape index (κ2) is 9.85. The second-order valence-corrected chi connectivity index (χ2v) is 9.11. The quantitative estimate of drug-likeness (QED) is 0.0944. The molecule has 1 saturated heterocycles. The number of nitrogens with zero attached hydrogens (tertiary/aromatic N) is 5. The number of carboxylic acids is 1. The van der Waals surface area contributed by atoms with Gasteiger partial charge < -0.3 is 30.4 Å². The fraction of sp³-hybridized carbons (Fsp3) is 0.238. The third kappa shape index (κ3) is 4.49. The van der Waals surface area contributed by atoms with Crippen molar-refractivity contribution in [2.75, 3.05) is 18.5 Å². The molecule has 5 heterocycles. The molecule has 0 radical (unpaired) electrons. The number of furan rings is 1. The van der Waals surface area contributed by atoms with Gasteiger partial charge in [-0.25, -0.2) is 14.2 Å². The number of β-lactam (4-membered cyclic amide) rings is 1. The first-order valence-electron chi connectivity index (χ1n) is 10.9. The summed E-state index contributed by atoms with van der Waals surface area (Å²) >= 11 is 1.29. The number of carbonyl (C=O) groups is 4. The fourth-order valence-corrected chi connectivity index (χ4v) is 5.27. The van der Waals surface area contributed by atoms with Gasteiger partial charge in [0.2, 0.25) is 11.5 Å². The number of carboxylic acid groups (broad SMARTS) is 1. The van der Waals surface area contributed by atoms with E-state index in [9.17, 15) is 24.3 Å². The van der Waals surface area contributed by atoms with Crippen molar-refractivity contribution in [1.29, 1.82) is 0 Å². The lowest BCUT2D eigenvalue weighted by molar-refractivity contribution is -0.687. The predicted octanol–water partition coefficient (Wildman–Crippen LogP) is -0.816. The van der Waals surface area contributed by atoms with Crippen LogP contribution in [0.3, 0.4) is 0 Å². The summed E-state index contributed by atoms with van der Waals surface area (Å²) in [5.74, 6) is -2.97. The van der Waals surface area contributed by atoms with Gasteiger partial charge in [0.15, 0.2) is 18.9 Å². The number of thioether (sulfide) groups is 1. The summed E-state index contributed by atoms with van der Waals surface area (Å²) in [6, 6.07) is 2.09. The van der Waals surface area contributed by atoms with E-state index < -0.39 is 41.0 Å². The van der Waals surface area contributed by atoms with Crippen molar-refractivity contribution < 1.29 is 42.6 Å². The molecule has 5 N–H and O–H groups in total. The third-order valence-corrected chi connectivity index (χ3v) is 6.99. The van der Waals surface area contributed by atoms with Crippen molar-refractivity contribution in [1.82, 2.24) is 25.7 Å². The Labute approximate surface area is 216 Å². The molecule has 17 heteroatoms. The summed E-state index contributed by atoms with van der Waals surface area (Å²) in [5, 5.41) is 21.6. The third-order valence-electron chi connectivity index (χ3n) is 5.65. The van der Waals surface area contributed by atoms with Crippen LogP contribution in [0, 0.1) is 0 Å². The summed E-state index contributed by atoms with van der Waals surface area (Å²) in [6.07, 6.45) is 4.14. The average Bonchev–Trinajstić information content (AvgIpc) is 3.55. The van der Waals surface area contributed by atoms with Gasteiger partial charge in [0.25, 0.3) is 11.8 Å². The Morgan fingerprint density at radius 1 is 1.39 bits per heavy atom. The topological polar surface area (TPSA) is 219 Å². The van der Waals surface area contributed by atoms with Crippen LogP contribution in [-0.2, 0) is 25.8 Å². The Balaban J connectivity index is 1.35. The zero-order chi connectivity index (χ0) is 27.0. The van der Waals surface area contributed by atoms with Crippen molar-refractivity contribution in [3.63, 3.8) is 0 Å². The van der Waals surface area contributed by atoms with Crippen LogP contribution in [-0.4, -0.2) is 74.0 Å². The van der Waals surface area contributed by atoms with E-state index in [2.05, 4.69) is 35.3 Å². The van der Waals surface area contributed by atoms with E-state index in [0.717, 1.165) is 10.3 Å². The minimum Gasteiger partial charge on any atom is -0.477 e. The standard InChI is InChI=1S/C21H18N8O8S/c1-23-21(34)37-26-12(15-25-20(22)36-27-15)16(30)24-13-17(31)29-14(19(32)33)10(8-38-18(13)29)7-28-4-2-11-9(6-28)3-5-35-11/h2-6,13,18H,7-8H2,1H3,(H4-,22,23,24,25,27,30,32,33,34)/p+1/t13?,18-/m0/s1. The Morgan fingerprint density at radius 3 is 2.92 bits per heavy atom. The highest BCUT2D eigenvalue weighted by Gasteiger charge is 2.55. The number of nitrogens with two attached hydrogens (primary N) is 1. The minimum absolute atomic E-state index is 0.146. The first-order valence-corrected chi connectivity index (χ1v) is 11.9. The van der Waals surface area contributed by atoms with Crippen LogP contribution >= 0.6 is 11.8 Å². The summed E-state index contributed by atoms with van der Waals surface area (Å²) in [4.78, 5) is 59.0. The molecule has 5 rings (SSSR count). The summed E-state index contributed by atoms with van der Waals surface area (Å²) in [6.45, 7) is 0.232.